The van der Waals surface area contributed by atoms with Gasteiger partial charge in [-0.3, -0.25) is 0 Å². The van der Waals surface area contributed by atoms with Crippen LogP contribution in [0.25, 0.3) is 0 Å². The highest BCUT2D eigenvalue weighted by molar-refractivity contribution is 5.58. The summed E-state index contributed by atoms with van der Waals surface area (Å²) < 4.78 is 0. The second kappa shape index (κ2) is 6.00. The number of rotatable bonds is 5. The summed E-state index contributed by atoms with van der Waals surface area (Å²) in [6, 6.07) is 0.394. The molecule has 5 nitrogen and oxygen atoms in total. The number of nitrogens with two attached hydrogens (primary N) is 1. The number of aromatic nitrogens is 2. The van der Waals surface area contributed by atoms with Gasteiger partial charge in [-0.05, 0) is 33.6 Å². The van der Waals surface area contributed by atoms with Gasteiger partial charge in [-0.15, -0.1) is 0 Å². The first kappa shape index (κ1) is 14.7. The van der Waals surface area contributed by atoms with Crippen LogP contribution in [-0.2, 0) is 0 Å². The van der Waals surface area contributed by atoms with Crippen LogP contribution in [0.1, 0.15) is 39.1 Å². The molecule has 0 aliphatic heterocycles. The van der Waals surface area contributed by atoms with Crippen LogP contribution in [0.3, 0.4) is 0 Å². The maximum Gasteiger partial charge on any atom is 0.148 e. The van der Waals surface area contributed by atoms with Gasteiger partial charge in [0.1, 0.15) is 17.5 Å². The normalized spacial score (nSPS) is 11.2. The van der Waals surface area contributed by atoms with Crippen LogP contribution in [0.5, 0.6) is 0 Å². The number of anilines is 2. The zero-order valence-electron chi connectivity index (χ0n) is 12.3. The maximum atomic E-state index is 5.51. The molecule has 0 amide bonds. The standard InChI is InChI=1S/C13H25N5/c1-8(2)7-18(9(3)4)13-10(5)12(17-14)15-11(6)16-13/h8-9H,7,14H2,1-6H3,(H,15,16,17). The molecule has 1 aromatic rings. The first-order chi connectivity index (χ1) is 8.36. The molecular weight excluding hydrogens is 226 g/mol. The largest absolute Gasteiger partial charge is 0.354 e. The smallest absolute Gasteiger partial charge is 0.148 e. The Morgan fingerprint density at radius 1 is 1.17 bits per heavy atom. The van der Waals surface area contributed by atoms with Crippen molar-refractivity contribution in [2.75, 3.05) is 16.9 Å². The Morgan fingerprint density at radius 2 is 1.78 bits per heavy atom. The lowest BCUT2D eigenvalue weighted by molar-refractivity contribution is 0.564. The van der Waals surface area contributed by atoms with Crippen molar-refractivity contribution in [1.82, 2.24) is 9.97 Å². The molecule has 0 aliphatic carbocycles. The fourth-order valence-electron chi connectivity index (χ4n) is 1.97. The molecule has 1 rings (SSSR count). The Morgan fingerprint density at radius 3 is 2.22 bits per heavy atom. The van der Waals surface area contributed by atoms with Crippen molar-refractivity contribution in [3.63, 3.8) is 0 Å². The molecule has 1 heterocycles. The molecule has 0 aliphatic rings. The molecular formula is C13H25N5. The van der Waals surface area contributed by atoms with Gasteiger partial charge in [-0.1, -0.05) is 13.8 Å². The van der Waals surface area contributed by atoms with Gasteiger partial charge < -0.3 is 10.3 Å². The van der Waals surface area contributed by atoms with E-state index in [9.17, 15) is 0 Å². The minimum atomic E-state index is 0.394. The van der Waals surface area contributed by atoms with Gasteiger partial charge >= 0.3 is 0 Å². The molecule has 0 fully saturated rings. The van der Waals surface area contributed by atoms with E-state index in [1.807, 2.05) is 13.8 Å². The minimum absolute atomic E-state index is 0.394. The van der Waals surface area contributed by atoms with E-state index in [0.29, 0.717) is 17.8 Å². The molecule has 18 heavy (non-hydrogen) atoms. The summed E-state index contributed by atoms with van der Waals surface area (Å²) in [5.41, 5.74) is 3.64. The van der Waals surface area contributed by atoms with Gasteiger partial charge in [-0.25, -0.2) is 15.8 Å². The van der Waals surface area contributed by atoms with Gasteiger partial charge in [0.05, 0.1) is 0 Å². The lowest BCUT2D eigenvalue weighted by Gasteiger charge is -2.31. The van der Waals surface area contributed by atoms with Gasteiger partial charge in [0.25, 0.3) is 0 Å². The Kier molecular flexibility index (Phi) is 4.90. The average molecular weight is 251 g/mol. The molecule has 0 unspecified atom stereocenters. The number of hydrazine groups is 1. The van der Waals surface area contributed by atoms with Crippen LogP contribution in [-0.4, -0.2) is 22.6 Å². The van der Waals surface area contributed by atoms with Crippen LogP contribution >= 0.6 is 0 Å². The molecule has 0 aromatic carbocycles. The first-order valence-corrected chi connectivity index (χ1v) is 6.45. The van der Waals surface area contributed by atoms with E-state index in [4.69, 9.17) is 5.84 Å². The lowest BCUT2D eigenvalue weighted by atomic mass is 10.1. The highest BCUT2D eigenvalue weighted by atomic mass is 15.3. The molecule has 102 valence electrons. The minimum Gasteiger partial charge on any atom is -0.354 e. The van der Waals surface area contributed by atoms with E-state index in [0.717, 1.165) is 23.8 Å². The van der Waals surface area contributed by atoms with Crippen LogP contribution in [0.2, 0.25) is 0 Å². The molecule has 0 spiro atoms. The van der Waals surface area contributed by atoms with Crippen LogP contribution in [0.15, 0.2) is 0 Å². The zero-order chi connectivity index (χ0) is 13.9. The summed E-state index contributed by atoms with van der Waals surface area (Å²) in [5, 5.41) is 0. The predicted octanol–water partition coefficient (Wildman–Crippen LogP) is 2.25. The second-order valence-electron chi connectivity index (χ2n) is 5.35. The number of aryl methyl sites for hydroxylation is 1. The third-order valence-electron chi connectivity index (χ3n) is 2.83. The van der Waals surface area contributed by atoms with Gasteiger partial charge in [0.2, 0.25) is 0 Å². The Balaban J connectivity index is 3.22. The highest BCUT2D eigenvalue weighted by Gasteiger charge is 2.18. The molecule has 3 N–H and O–H groups in total. The summed E-state index contributed by atoms with van der Waals surface area (Å²) in [7, 11) is 0. The van der Waals surface area contributed by atoms with E-state index in [2.05, 4.69) is 48.0 Å². The van der Waals surface area contributed by atoms with Crippen molar-refractivity contribution in [2.24, 2.45) is 11.8 Å². The average Bonchev–Trinajstić information content (AvgIpc) is 2.28. The summed E-state index contributed by atoms with van der Waals surface area (Å²) in [6.07, 6.45) is 0. The maximum absolute atomic E-state index is 5.51. The predicted molar refractivity (Wildman–Crippen MR) is 76.6 cm³/mol. The van der Waals surface area contributed by atoms with Crippen molar-refractivity contribution >= 4 is 11.6 Å². The van der Waals surface area contributed by atoms with Gasteiger partial charge in [-0.2, -0.15) is 0 Å². The van der Waals surface area contributed by atoms with Crippen LogP contribution in [0, 0.1) is 19.8 Å². The summed E-state index contributed by atoms with van der Waals surface area (Å²) in [5.74, 6) is 8.49. The van der Waals surface area contributed by atoms with Crippen molar-refractivity contribution in [2.45, 2.75) is 47.6 Å². The molecule has 0 bridgehead atoms. The first-order valence-electron chi connectivity index (χ1n) is 6.45. The van der Waals surface area contributed by atoms with Crippen molar-refractivity contribution in [3.8, 4) is 0 Å². The SMILES string of the molecule is Cc1nc(NN)c(C)c(N(CC(C)C)C(C)C)n1. The molecule has 0 atom stereocenters. The van der Waals surface area contributed by atoms with Crippen molar-refractivity contribution < 1.29 is 0 Å². The van der Waals surface area contributed by atoms with E-state index in [1.54, 1.807) is 0 Å². The van der Waals surface area contributed by atoms with Gasteiger partial charge in [0, 0.05) is 18.2 Å². The van der Waals surface area contributed by atoms with E-state index >= 15 is 0 Å². The molecule has 1 aromatic heterocycles. The number of hydrogen-bond acceptors (Lipinski definition) is 5. The van der Waals surface area contributed by atoms with E-state index in [1.165, 1.54) is 0 Å². The van der Waals surface area contributed by atoms with Crippen molar-refractivity contribution in [1.29, 1.82) is 0 Å². The Hall–Kier alpha value is -1.36. The highest BCUT2D eigenvalue weighted by Crippen LogP contribution is 2.25. The topological polar surface area (TPSA) is 67.1 Å². The second-order valence-corrected chi connectivity index (χ2v) is 5.35. The fraction of sp³-hybridized carbons (Fsp3) is 0.692. The number of nitrogens with zero attached hydrogens (tertiary/aromatic N) is 3. The van der Waals surface area contributed by atoms with Gasteiger partial charge in [0.15, 0.2) is 0 Å². The summed E-state index contributed by atoms with van der Waals surface area (Å²) in [4.78, 5) is 11.2. The summed E-state index contributed by atoms with van der Waals surface area (Å²) in [6.45, 7) is 13.6. The number of nitrogens with one attached hydrogen (secondary N) is 1. The summed E-state index contributed by atoms with van der Waals surface area (Å²) >= 11 is 0. The zero-order valence-corrected chi connectivity index (χ0v) is 12.3. The fourth-order valence-corrected chi connectivity index (χ4v) is 1.97. The molecule has 5 heteroatoms. The number of nitrogen functional groups attached to an aromatic ring is 1. The molecule has 0 saturated carbocycles. The van der Waals surface area contributed by atoms with Crippen molar-refractivity contribution in [3.05, 3.63) is 11.4 Å². The van der Waals surface area contributed by atoms with Crippen LogP contribution in [0.4, 0.5) is 11.6 Å². The third-order valence-corrected chi connectivity index (χ3v) is 2.83. The lowest BCUT2D eigenvalue weighted by Crippen LogP contribution is -2.36. The Bertz CT molecular complexity index is 401. The molecule has 0 radical (unpaired) electrons. The third kappa shape index (κ3) is 3.32. The Labute approximate surface area is 110 Å². The molecule has 0 saturated heterocycles. The van der Waals surface area contributed by atoms with E-state index in [-0.39, 0.29) is 0 Å². The number of hydrogen-bond donors (Lipinski definition) is 2. The van der Waals surface area contributed by atoms with E-state index < -0.39 is 0 Å². The monoisotopic (exact) mass is 251 g/mol. The quantitative estimate of drug-likeness (QED) is 0.620. The van der Waals surface area contributed by atoms with Crippen LogP contribution < -0.4 is 16.2 Å².